The SMILES string of the molecule is COc1ccc(C(=O)Nc2ccc(N(C)C)c(N)c2)cc1OC. The van der Waals surface area contributed by atoms with Crippen LogP contribution in [-0.4, -0.2) is 34.2 Å². The number of carbonyl (C=O) groups excluding carboxylic acids is 1. The summed E-state index contributed by atoms with van der Waals surface area (Å²) in [4.78, 5) is 14.3. The molecule has 0 spiro atoms. The minimum absolute atomic E-state index is 0.247. The summed E-state index contributed by atoms with van der Waals surface area (Å²) in [5.74, 6) is 0.828. The summed E-state index contributed by atoms with van der Waals surface area (Å²) in [7, 11) is 6.90. The molecule has 0 bridgehead atoms. The van der Waals surface area contributed by atoms with Crippen LogP contribution in [-0.2, 0) is 0 Å². The average molecular weight is 315 g/mol. The number of hydrogen-bond donors (Lipinski definition) is 2. The van der Waals surface area contributed by atoms with E-state index in [4.69, 9.17) is 15.2 Å². The number of nitrogens with one attached hydrogen (secondary N) is 1. The van der Waals surface area contributed by atoms with Crippen molar-refractivity contribution in [3.05, 3.63) is 42.0 Å². The monoisotopic (exact) mass is 315 g/mol. The molecule has 2 rings (SSSR count). The van der Waals surface area contributed by atoms with Crippen LogP contribution in [0.1, 0.15) is 10.4 Å². The molecule has 0 saturated carbocycles. The van der Waals surface area contributed by atoms with Crippen molar-refractivity contribution in [2.24, 2.45) is 0 Å². The highest BCUT2D eigenvalue weighted by Crippen LogP contribution is 2.29. The van der Waals surface area contributed by atoms with Crippen LogP contribution in [0.3, 0.4) is 0 Å². The zero-order chi connectivity index (χ0) is 17.0. The Morgan fingerprint density at radius 2 is 1.74 bits per heavy atom. The molecular formula is C17H21N3O3. The van der Waals surface area contributed by atoms with Crippen molar-refractivity contribution in [3.63, 3.8) is 0 Å². The lowest BCUT2D eigenvalue weighted by Gasteiger charge is -2.16. The van der Waals surface area contributed by atoms with Gasteiger partial charge in [-0.3, -0.25) is 4.79 Å². The van der Waals surface area contributed by atoms with Crippen LogP contribution in [0.25, 0.3) is 0 Å². The van der Waals surface area contributed by atoms with Gasteiger partial charge in [0.1, 0.15) is 0 Å². The fraction of sp³-hybridized carbons (Fsp3) is 0.235. The van der Waals surface area contributed by atoms with E-state index < -0.39 is 0 Å². The maximum absolute atomic E-state index is 12.4. The van der Waals surface area contributed by atoms with E-state index in [1.165, 1.54) is 7.11 Å². The standard InChI is InChI=1S/C17H21N3O3/c1-20(2)14-7-6-12(10-13(14)18)19-17(21)11-5-8-15(22-3)16(9-11)23-4/h5-10H,18H2,1-4H3,(H,19,21). The van der Waals surface area contributed by atoms with Gasteiger partial charge in [-0.05, 0) is 36.4 Å². The third-order valence-corrected chi connectivity index (χ3v) is 3.41. The third-order valence-electron chi connectivity index (χ3n) is 3.41. The van der Waals surface area contributed by atoms with E-state index in [1.807, 2.05) is 31.1 Å². The van der Waals surface area contributed by atoms with Gasteiger partial charge in [0, 0.05) is 25.3 Å². The molecule has 0 aliphatic rings. The predicted octanol–water partition coefficient (Wildman–Crippen LogP) is 2.60. The summed E-state index contributed by atoms with van der Waals surface area (Å²) in [6.07, 6.45) is 0. The molecule has 0 aromatic heterocycles. The number of rotatable bonds is 5. The fourth-order valence-electron chi connectivity index (χ4n) is 2.22. The van der Waals surface area contributed by atoms with E-state index in [-0.39, 0.29) is 5.91 Å². The first-order chi connectivity index (χ1) is 11.0. The molecule has 2 aromatic carbocycles. The molecule has 122 valence electrons. The molecule has 23 heavy (non-hydrogen) atoms. The summed E-state index contributed by atoms with van der Waals surface area (Å²) < 4.78 is 10.4. The fourth-order valence-corrected chi connectivity index (χ4v) is 2.22. The molecule has 0 atom stereocenters. The van der Waals surface area contributed by atoms with Crippen LogP contribution in [0.5, 0.6) is 11.5 Å². The van der Waals surface area contributed by atoms with Crippen LogP contribution in [0.4, 0.5) is 17.1 Å². The second-order valence-electron chi connectivity index (χ2n) is 5.19. The van der Waals surface area contributed by atoms with Gasteiger partial charge in [-0.2, -0.15) is 0 Å². The predicted molar refractivity (Wildman–Crippen MR) is 92.7 cm³/mol. The maximum Gasteiger partial charge on any atom is 0.255 e. The van der Waals surface area contributed by atoms with Crippen molar-refractivity contribution in [3.8, 4) is 11.5 Å². The van der Waals surface area contributed by atoms with Gasteiger partial charge in [0.25, 0.3) is 5.91 Å². The van der Waals surface area contributed by atoms with Gasteiger partial charge in [0.15, 0.2) is 11.5 Å². The van der Waals surface area contributed by atoms with Crippen molar-refractivity contribution >= 4 is 23.0 Å². The molecule has 6 nitrogen and oxygen atoms in total. The molecule has 0 aliphatic carbocycles. The molecule has 1 amide bonds. The zero-order valence-electron chi connectivity index (χ0n) is 13.7. The zero-order valence-corrected chi connectivity index (χ0v) is 13.7. The molecule has 0 fully saturated rings. The highest BCUT2D eigenvalue weighted by Gasteiger charge is 2.12. The number of nitrogen functional groups attached to an aromatic ring is 1. The molecule has 3 N–H and O–H groups in total. The summed E-state index contributed by atoms with van der Waals surface area (Å²) >= 11 is 0. The van der Waals surface area contributed by atoms with Gasteiger partial charge in [0.2, 0.25) is 0 Å². The van der Waals surface area contributed by atoms with Crippen molar-refractivity contribution in [2.45, 2.75) is 0 Å². The van der Waals surface area contributed by atoms with Gasteiger partial charge >= 0.3 is 0 Å². The van der Waals surface area contributed by atoms with Crippen molar-refractivity contribution in [2.75, 3.05) is 44.3 Å². The van der Waals surface area contributed by atoms with Crippen LogP contribution in [0.2, 0.25) is 0 Å². The van der Waals surface area contributed by atoms with E-state index in [1.54, 1.807) is 31.4 Å². The van der Waals surface area contributed by atoms with Crippen LogP contribution in [0.15, 0.2) is 36.4 Å². The first-order valence-corrected chi connectivity index (χ1v) is 7.06. The highest BCUT2D eigenvalue weighted by atomic mass is 16.5. The first kappa shape index (κ1) is 16.5. The highest BCUT2D eigenvalue weighted by molar-refractivity contribution is 6.05. The minimum Gasteiger partial charge on any atom is -0.493 e. The number of hydrogen-bond acceptors (Lipinski definition) is 5. The number of methoxy groups -OCH3 is 2. The van der Waals surface area contributed by atoms with Gasteiger partial charge in [0.05, 0.1) is 25.6 Å². The lowest BCUT2D eigenvalue weighted by Crippen LogP contribution is -2.14. The number of nitrogens with two attached hydrogens (primary N) is 1. The molecule has 0 unspecified atom stereocenters. The van der Waals surface area contributed by atoms with E-state index in [0.29, 0.717) is 28.4 Å². The van der Waals surface area contributed by atoms with Crippen LogP contribution < -0.4 is 25.4 Å². The number of carbonyl (C=O) groups is 1. The van der Waals surface area contributed by atoms with Crippen LogP contribution in [0, 0.1) is 0 Å². The lowest BCUT2D eigenvalue weighted by molar-refractivity contribution is 0.102. The molecule has 0 radical (unpaired) electrons. The molecule has 6 heteroatoms. The van der Waals surface area contributed by atoms with Gasteiger partial charge < -0.3 is 25.4 Å². The quantitative estimate of drug-likeness (QED) is 0.829. The smallest absolute Gasteiger partial charge is 0.255 e. The Morgan fingerprint density at radius 3 is 2.30 bits per heavy atom. The van der Waals surface area contributed by atoms with Crippen molar-refractivity contribution in [1.82, 2.24) is 0 Å². The van der Waals surface area contributed by atoms with Crippen molar-refractivity contribution < 1.29 is 14.3 Å². The summed E-state index contributed by atoms with van der Waals surface area (Å²) in [5, 5.41) is 2.82. The van der Waals surface area contributed by atoms with Crippen molar-refractivity contribution in [1.29, 1.82) is 0 Å². The molecule has 0 heterocycles. The van der Waals surface area contributed by atoms with E-state index in [0.717, 1.165) is 5.69 Å². The second kappa shape index (κ2) is 6.91. The summed E-state index contributed by atoms with van der Waals surface area (Å²) in [5.41, 5.74) is 8.59. The number of benzene rings is 2. The Balaban J connectivity index is 2.20. The normalized spacial score (nSPS) is 10.1. The van der Waals surface area contributed by atoms with E-state index in [2.05, 4.69) is 5.32 Å². The van der Waals surface area contributed by atoms with Crippen LogP contribution >= 0.6 is 0 Å². The minimum atomic E-state index is -0.247. The molecule has 2 aromatic rings. The topological polar surface area (TPSA) is 76.8 Å². The Kier molecular flexibility index (Phi) is 4.95. The van der Waals surface area contributed by atoms with E-state index in [9.17, 15) is 4.79 Å². The largest absolute Gasteiger partial charge is 0.493 e. The summed E-state index contributed by atoms with van der Waals surface area (Å²) in [6.45, 7) is 0. The number of ether oxygens (including phenoxy) is 2. The Morgan fingerprint density at radius 1 is 1.04 bits per heavy atom. The van der Waals surface area contributed by atoms with Gasteiger partial charge in [-0.15, -0.1) is 0 Å². The number of amides is 1. The second-order valence-corrected chi connectivity index (χ2v) is 5.19. The Hall–Kier alpha value is -2.89. The van der Waals surface area contributed by atoms with Gasteiger partial charge in [-0.1, -0.05) is 0 Å². The summed E-state index contributed by atoms with van der Waals surface area (Å²) in [6, 6.07) is 10.4. The molecule has 0 saturated heterocycles. The lowest BCUT2D eigenvalue weighted by atomic mass is 10.1. The van der Waals surface area contributed by atoms with E-state index >= 15 is 0 Å². The van der Waals surface area contributed by atoms with Gasteiger partial charge in [-0.25, -0.2) is 0 Å². The average Bonchev–Trinajstić information content (AvgIpc) is 2.53. The maximum atomic E-state index is 12.4. The number of anilines is 3. The Labute approximate surface area is 135 Å². The molecule has 0 aliphatic heterocycles. The first-order valence-electron chi connectivity index (χ1n) is 7.06. The number of nitrogens with zero attached hydrogens (tertiary/aromatic N) is 1. The Bertz CT molecular complexity index is 714. The third kappa shape index (κ3) is 3.66. The molecular weight excluding hydrogens is 294 g/mol.